The van der Waals surface area contributed by atoms with Gasteiger partial charge in [0.05, 0.1) is 25.0 Å². The molecule has 1 unspecified atom stereocenters. The number of piperidine rings is 1. The van der Waals surface area contributed by atoms with E-state index in [2.05, 4.69) is 21.3 Å². The van der Waals surface area contributed by atoms with Gasteiger partial charge in [0.25, 0.3) is 5.91 Å². The Morgan fingerprint density at radius 2 is 1.56 bits per heavy atom. The van der Waals surface area contributed by atoms with Crippen molar-refractivity contribution in [3.63, 3.8) is 0 Å². The van der Waals surface area contributed by atoms with Gasteiger partial charge in [-0.2, -0.15) is 0 Å². The minimum absolute atomic E-state index is 0.00680. The van der Waals surface area contributed by atoms with Crippen molar-refractivity contribution >= 4 is 41.4 Å². The summed E-state index contributed by atoms with van der Waals surface area (Å²) in [4.78, 5) is 95.7. The molecule has 52 heavy (non-hydrogen) atoms. The second-order valence-electron chi connectivity index (χ2n) is 16.8. The highest BCUT2D eigenvalue weighted by Gasteiger charge is 2.70. The first-order valence-electron chi connectivity index (χ1n) is 18.0. The van der Waals surface area contributed by atoms with Gasteiger partial charge in [0, 0.05) is 20.6 Å². The number of carbonyl (C=O) groups excluding carboxylic acids is 7. The van der Waals surface area contributed by atoms with Crippen molar-refractivity contribution in [3.8, 4) is 0 Å². The monoisotopic (exact) mass is 726 g/mol. The molecule has 1 aromatic rings. The first-order valence-corrected chi connectivity index (χ1v) is 18.0. The Morgan fingerprint density at radius 3 is 2.10 bits per heavy atom. The lowest BCUT2D eigenvalue weighted by Gasteiger charge is -2.38. The molecular formula is C38H58N6O8. The zero-order valence-corrected chi connectivity index (χ0v) is 32.5. The van der Waals surface area contributed by atoms with Gasteiger partial charge in [-0.25, -0.2) is 4.79 Å². The van der Waals surface area contributed by atoms with Crippen LogP contribution in [0, 0.1) is 22.7 Å². The fourth-order valence-electron chi connectivity index (χ4n) is 6.81. The third-order valence-electron chi connectivity index (χ3n) is 9.79. The summed E-state index contributed by atoms with van der Waals surface area (Å²) in [5.74, 6) is -3.94. The number of amides is 6. The summed E-state index contributed by atoms with van der Waals surface area (Å²) in [7, 11) is 3.23. The molecule has 14 heteroatoms. The van der Waals surface area contributed by atoms with Gasteiger partial charge >= 0.3 is 6.09 Å². The number of likely N-dealkylation sites (tertiary alicyclic amines) is 1. The highest BCUT2D eigenvalue weighted by molar-refractivity contribution is 6.38. The van der Waals surface area contributed by atoms with E-state index in [1.54, 1.807) is 66.1 Å². The molecule has 0 spiro atoms. The Hall–Kier alpha value is -4.49. The number of nitrogens with zero attached hydrogens (tertiary/aromatic N) is 2. The Bertz CT molecular complexity index is 1510. The molecule has 4 N–H and O–H groups in total. The SMILES string of the molecule is CCCC(NC(=O)[C@@H]1[C@@H]2[C@H](CN1C(=O)[C@@H](NC(=O)OC(C)(C)C)C(C)(C)C)C2(C)C)C(=O)C(=O)NCC(=O)N[C@H](CC(=O)N(C)C)c1ccccc1. The van der Waals surface area contributed by atoms with Crippen LogP contribution >= 0.6 is 0 Å². The fraction of sp³-hybridized carbons (Fsp3) is 0.658. The molecule has 6 atom stereocenters. The molecule has 2 aliphatic rings. The number of rotatable bonds is 14. The van der Waals surface area contributed by atoms with Crippen LogP contribution in [0.3, 0.4) is 0 Å². The summed E-state index contributed by atoms with van der Waals surface area (Å²) in [5, 5.41) is 10.6. The van der Waals surface area contributed by atoms with Crippen molar-refractivity contribution in [2.45, 2.75) is 111 Å². The molecule has 0 bridgehead atoms. The molecule has 2 fully saturated rings. The Labute approximate surface area is 307 Å². The van der Waals surface area contributed by atoms with Gasteiger partial charge in [-0.05, 0) is 55.4 Å². The second kappa shape index (κ2) is 16.5. The van der Waals surface area contributed by atoms with Gasteiger partial charge < -0.3 is 35.8 Å². The van der Waals surface area contributed by atoms with Crippen LogP contribution in [0.5, 0.6) is 0 Å². The highest BCUT2D eigenvalue weighted by Crippen LogP contribution is 2.65. The maximum absolute atomic E-state index is 14.1. The van der Waals surface area contributed by atoms with Crippen LogP contribution in [-0.4, -0.2) is 102 Å². The fourth-order valence-corrected chi connectivity index (χ4v) is 6.81. The average molecular weight is 727 g/mol. The van der Waals surface area contributed by atoms with Gasteiger partial charge in [-0.3, -0.25) is 28.8 Å². The third kappa shape index (κ3) is 10.5. The zero-order valence-electron chi connectivity index (χ0n) is 32.5. The smallest absolute Gasteiger partial charge is 0.408 e. The van der Waals surface area contributed by atoms with E-state index in [1.807, 2.05) is 40.7 Å². The molecule has 0 aromatic heterocycles. The molecular weight excluding hydrogens is 668 g/mol. The quantitative estimate of drug-likeness (QED) is 0.211. The van der Waals surface area contributed by atoms with Gasteiger partial charge in [0.2, 0.25) is 29.4 Å². The van der Waals surface area contributed by atoms with E-state index in [1.165, 1.54) is 9.80 Å². The number of hydrogen-bond acceptors (Lipinski definition) is 8. The van der Waals surface area contributed by atoms with E-state index in [0.29, 0.717) is 18.5 Å². The van der Waals surface area contributed by atoms with Crippen LogP contribution in [0.2, 0.25) is 0 Å². The number of fused-ring (bicyclic) bond motifs is 1. The van der Waals surface area contributed by atoms with Gasteiger partial charge in [0.1, 0.15) is 17.7 Å². The van der Waals surface area contributed by atoms with Gasteiger partial charge in [0.15, 0.2) is 0 Å². The summed E-state index contributed by atoms with van der Waals surface area (Å²) >= 11 is 0. The second-order valence-corrected chi connectivity index (χ2v) is 16.8. The summed E-state index contributed by atoms with van der Waals surface area (Å²) in [6.45, 7) is 16.2. The number of ketones is 1. The summed E-state index contributed by atoms with van der Waals surface area (Å²) in [6.07, 6.45) is -0.152. The molecule has 288 valence electrons. The normalized spacial score (nSPS) is 20.7. The molecule has 14 nitrogen and oxygen atoms in total. The van der Waals surface area contributed by atoms with E-state index in [0.717, 1.165) is 0 Å². The number of carbonyl (C=O) groups is 7. The minimum Gasteiger partial charge on any atom is -0.444 e. The van der Waals surface area contributed by atoms with Crippen molar-refractivity contribution in [1.82, 2.24) is 31.1 Å². The Balaban J connectivity index is 1.72. The lowest BCUT2D eigenvalue weighted by atomic mass is 9.85. The topological polar surface area (TPSA) is 183 Å². The molecule has 1 aromatic carbocycles. The van der Waals surface area contributed by atoms with Crippen molar-refractivity contribution < 1.29 is 38.3 Å². The van der Waals surface area contributed by atoms with Crippen LogP contribution in [0.25, 0.3) is 0 Å². The molecule has 6 amide bonds. The molecule has 1 aliphatic heterocycles. The summed E-state index contributed by atoms with van der Waals surface area (Å²) in [5.41, 5.74) is -1.05. The molecule has 1 heterocycles. The number of benzene rings is 1. The van der Waals surface area contributed by atoms with E-state index in [9.17, 15) is 33.6 Å². The molecule has 0 radical (unpaired) electrons. The third-order valence-corrected chi connectivity index (χ3v) is 9.79. The summed E-state index contributed by atoms with van der Waals surface area (Å²) in [6, 6.07) is 5.13. The molecule has 1 saturated carbocycles. The van der Waals surface area contributed by atoms with E-state index >= 15 is 0 Å². The van der Waals surface area contributed by atoms with Gasteiger partial charge in [-0.1, -0.05) is 78.3 Å². The van der Waals surface area contributed by atoms with Crippen LogP contribution in [0.4, 0.5) is 4.79 Å². The highest BCUT2D eigenvalue weighted by atomic mass is 16.6. The van der Waals surface area contributed by atoms with Crippen LogP contribution in [0.1, 0.15) is 93.2 Å². The van der Waals surface area contributed by atoms with Crippen LogP contribution < -0.4 is 21.3 Å². The van der Waals surface area contributed by atoms with Crippen LogP contribution in [-0.2, 0) is 33.5 Å². The lowest BCUT2D eigenvalue weighted by molar-refractivity contribution is -0.145. The number of nitrogens with one attached hydrogen (secondary N) is 4. The van der Waals surface area contributed by atoms with Crippen molar-refractivity contribution in [3.05, 3.63) is 35.9 Å². The first kappa shape index (κ1) is 41.9. The summed E-state index contributed by atoms with van der Waals surface area (Å²) < 4.78 is 5.42. The number of ether oxygens (including phenoxy) is 1. The number of alkyl carbamates (subject to hydrolysis) is 1. The maximum atomic E-state index is 14.1. The number of Topliss-reactive ketones (excluding diaryl/α,β-unsaturated/α-hetero) is 1. The van der Waals surface area contributed by atoms with Gasteiger partial charge in [-0.15, -0.1) is 0 Å². The van der Waals surface area contributed by atoms with Crippen molar-refractivity contribution in [2.75, 3.05) is 27.2 Å². The first-order chi connectivity index (χ1) is 24.0. The lowest BCUT2D eigenvalue weighted by Crippen LogP contribution is -2.60. The van der Waals surface area contributed by atoms with Crippen molar-refractivity contribution in [2.24, 2.45) is 22.7 Å². The zero-order chi connectivity index (χ0) is 39.3. The largest absolute Gasteiger partial charge is 0.444 e. The van der Waals surface area contributed by atoms with Crippen molar-refractivity contribution in [1.29, 1.82) is 0 Å². The predicted molar refractivity (Wildman–Crippen MR) is 194 cm³/mol. The van der Waals surface area contributed by atoms with E-state index in [-0.39, 0.29) is 36.0 Å². The Kier molecular flexibility index (Phi) is 13.3. The standard InChI is InChI=1S/C38H58N6O8/c1-12-16-24(30(47)33(49)39-20-26(45)40-25(19-27(46)43(10)11)22-17-14-13-15-18-22)41-32(48)29-28-23(38(28,8)9)21-44(29)34(50)31(36(2,3)4)42-35(51)52-37(5,6)7/h13-15,17-18,23-25,28-29,31H,12,16,19-21H2,1-11H3,(H,39,49)(H,40,45)(H,41,48)(H,42,51)/t23-,24?,25+,28-,29-,31+/m0/s1. The molecule has 1 aliphatic carbocycles. The maximum Gasteiger partial charge on any atom is 0.408 e. The Morgan fingerprint density at radius 1 is 0.942 bits per heavy atom. The van der Waals surface area contributed by atoms with Crippen LogP contribution in [0.15, 0.2) is 30.3 Å². The van der Waals surface area contributed by atoms with E-state index < -0.39 is 77.2 Å². The number of hydrogen-bond donors (Lipinski definition) is 4. The molecule has 3 rings (SSSR count). The minimum atomic E-state index is -1.20. The molecule has 1 saturated heterocycles. The predicted octanol–water partition coefficient (Wildman–Crippen LogP) is 2.71. The van der Waals surface area contributed by atoms with E-state index in [4.69, 9.17) is 4.74 Å². The average Bonchev–Trinajstić information content (AvgIpc) is 3.35.